The zero-order valence-corrected chi connectivity index (χ0v) is 15.1. The van der Waals surface area contributed by atoms with E-state index in [-0.39, 0.29) is 5.91 Å². The van der Waals surface area contributed by atoms with E-state index in [2.05, 4.69) is 17.1 Å². The van der Waals surface area contributed by atoms with Crippen LogP contribution in [-0.4, -0.2) is 22.3 Å². The first-order chi connectivity index (χ1) is 12.6. The fraction of sp³-hybridized carbons (Fsp3) is 0.190. The number of amides is 1. The highest BCUT2D eigenvalue weighted by atomic mass is 35.5. The second-order valence-electron chi connectivity index (χ2n) is 6.78. The molecular formula is C21H17ClN2O2. The Morgan fingerprint density at radius 3 is 2.81 bits per heavy atom. The van der Waals surface area contributed by atoms with E-state index >= 15 is 0 Å². The molecule has 5 rings (SSSR count). The molecule has 0 spiro atoms. The van der Waals surface area contributed by atoms with Crippen molar-refractivity contribution in [1.29, 1.82) is 0 Å². The van der Waals surface area contributed by atoms with Gasteiger partial charge in [0.05, 0.1) is 5.02 Å². The van der Waals surface area contributed by atoms with Crippen LogP contribution in [0.15, 0.2) is 46.9 Å². The number of furan rings is 1. The number of nitrogens with one attached hydrogen (secondary N) is 1. The average Bonchev–Trinajstić information content (AvgIpc) is 3.20. The van der Waals surface area contributed by atoms with Gasteiger partial charge in [0.1, 0.15) is 0 Å². The van der Waals surface area contributed by atoms with Crippen LogP contribution >= 0.6 is 11.6 Å². The lowest BCUT2D eigenvalue weighted by atomic mass is 10.0. The van der Waals surface area contributed by atoms with E-state index in [1.54, 1.807) is 6.07 Å². The van der Waals surface area contributed by atoms with Crippen molar-refractivity contribution in [2.75, 3.05) is 6.54 Å². The molecule has 0 radical (unpaired) electrons. The van der Waals surface area contributed by atoms with Crippen LogP contribution in [0.2, 0.25) is 5.02 Å². The van der Waals surface area contributed by atoms with Crippen molar-refractivity contribution in [3.63, 3.8) is 0 Å². The number of aryl methyl sites for hydroxylation is 1. The van der Waals surface area contributed by atoms with Gasteiger partial charge >= 0.3 is 0 Å². The van der Waals surface area contributed by atoms with Gasteiger partial charge in [-0.2, -0.15) is 0 Å². The first-order valence-electron chi connectivity index (χ1n) is 8.69. The van der Waals surface area contributed by atoms with E-state index in [1.165, 1.54) is 16.6 Å². The number of hydrogen-bond donors (Lipinski definition) is 1. The zero-order valence-electron chi connectivity index (χ0n) is 14.3. The van der Waals surface area contributed by atoms with E-state index < -0.39 is 0 Å². The number of carbonyl (C=O) groups is 1. The molecule has 0 unspecified atom stereocenters. The minimum Gasteiger partial charge on any atom is -0.449 e. The van der Waals surface area contributed by atoms with Crippen LogP contribution in [0.1, 0.15) is 27.4 Å². The van der Waals surface area contributed by atoms with Gasteiger partial charge < -0.3 is 14.3 Å². The molecule has 4 nitrogen and oxygen atoms in total. The summed E-state index contributed by atoms with van der Waals surface area (Å²) in [4.78, 5) is 18.5. The van der Waals surface area contributed by atoms with Crippen LogP contribution in [0.3, 0.4) is 0 Å². The molecule has 0 aliphatic carbocycles. The lowest BCUT2D eigenvalue weighted by molar-refractivity contribution is 0.0704. The molecular weight excluding hydrogens is 348 g/mol. The largest absolute Gasteiger partial charge is 0.449 e. The maximum atomic E-state index is 13.1. The van der Waals surface area contributed by atoms with Gasteiger partial charge in [0.25, 0.3) is 5.91 Å². The van der Waals surface area contributed by atoms with E-state index in [9.17, 15) is 4.79 Å². The molecule has 0 atom stereocenters. The van der Waals surface area contributed by atoms with Crippen molar-refractivity contribution in [2.45, 2.75) is 19.9 Å². The number of carbonyl (C=O) groups excluding carboxylic acids is 1. The van der Waals surface area contributed by atoms with E-state index in [1.807, 2.05) is 36.1 Å². The quantitative estimate of drug-likeness (QED) is 0.512. The highest BCUT2D eigenvalue weighted by Crippen LogP contribution is 2.33. The molecule has 1 aliphatic rings. The summed E-state index contributed by atoms with van der Waals surface area (Å²) in [7, 11) is 0. The van der Waals surface area contributed by atoms with Gasteiger partial charge in [-0.05, 0) is 19.1 Å². The molecule has 3 heterocycles. The third-order valence-corrected chi connectivity index (χ3v) is 5.58. The predicted molar refractivity (Wildman–Crippen MR) is 103 cm³/mol. The van der Waals surface area contributed by atoms with Crippen molar-refractivity contribution in [3.8, 4) is 0 Å². The average molecular weight is 365 g/mol. The Labute approximate surface area is 155 Å². The lowest BCUT2D eigenvalue weighted by Gasteiger charge is -2.26. The Morgan fingerprint density at radius 2 is 1.96 bits per heavy atom. The van der Waals surface area contributed by atoms with Gasteiger partial charge in [0.15, 0.2) is 11.3 Å². The minimum absolute atomic E-state index is 0.0781. The normalized spacial score (nSPS) is 14.2. The Hall–Kier alpha value is -2.72. The molecule has 130 valence electrons. The van der Waals surface area contributed by atoms with Crippen LogP contribution in [0.5, 0.6) is 0 Å². The fourth-order valence-electron chi connectivity index (χ4n) is 3.90. The van der Waals surface area contributed by atoms with Crippen molar-refractivity contribution in [2.24, 2.45) is 0 Å². The summed E-state index contributed by atoms with van der Waals surface area (Å²) < 4.78 is 5.87. The number of para-hydroxylation sites is 2. The standard InChI is InChI=1S/C21H17ClN2O2/c1-12-13-6-4-7-16(22)20(13)26-19(12)21(25)24-10-9-18-15(11-24)14-5-2-3-8-17(14)23-18/h2-8,23H,9-11H2,1H3. The molecule has 2 aromatic heterocycles. The Morgan fingerprint density at radius 1 is 1.15 bits per heavy atom. The lowest BCUT2D eigenvalue weighted by Crippen LogP contribution is -2.35. The minimum atomic E-state index is -0.0781. The number of nitrogens with zero attached hydrogens (tertiary/aromatic N) is 1. The second kappa shape index (κ2) is 5.64. The summed E-state index contributed by atoms with van der Waals surface area (Å²) in [5.74, 6) is 0.307. The van der Waals surface area contributed by atoms with Gasteiger partial charge in [0.2, 0.25) is 0 Å². The number of rotatable bonds is 1. The highest BCUT2D eigenvalue weighted by molar-refractivity contribution is 6.35. The molecule has 1 aliphatic heterocycles. The number of fused-ring (bicyclic) bond motifs is 4. The molecule has 4 aromatic rings. The first-order valence-corrected chi connectivity index (χ1v) is 9.06. The van der Waals surface area contributed by atoms with Gasteiger partial charge in [-0.25, -0.2) is 0 Å². The number of aromatic nitrogens is 1. The van der Waals surface area contributed by atoms with Crippen molar-refractivity contribution >= 4 is 39.4 Å². The molecule has 26 heavy (non-hydrogen) atoms. The van der Waals surface area contributed by atoms with Gasteiger partial charge in [-0.3, -0.25) is 4.79 Å². The molecule has 5 heteroatoms. The van der Waals surface area contributed by atoms with Crippen LogP contribution in [0.4, 0.5) is 0 Å². The van der Waals surface area contributed by atoms with Crippen LogP contribution < -0.4 is 0 Å². The van der Waals surface area contributed by atoms with E-state index in [4.69, 9.17) is 16.0 Å². The molecule has 2 aromatic carbocycles. The summed E-state index contributed by atoms with van der Waals surface area (Å²) in [6.45, 7) is 3.17. The summed E-state index contributed by atoms with van der Waals surface area (Å²) in [5.41, 5.74) is 4.97. The molecule has 0 saturated carbocycles. The van der Waals surface area contributed by atoms with Crippen molar-refractivity contribution in [3.05, 3.63) is 70.1 Å². The smallest absolute Gasteiger partial charge is 0.290 e. The fourth-order valence-corrected chi connectivity index (χ4v) is 4.11. The number of hydrogen-bond acceptors (Lipinski definition) is 2. The van der Waals surface area contributed by atoms with Gasteiger partial charge in [0, 0.05) is 52.6 Å². The number of H-pyrrole nitrogens is 1. The number of benzene rings is 2. The summed E-state index contributed by atoms with van der Waals surface area (Å²) in [6.07, 6.45) is 0.815. The number of aromatic amines is 1. The maximum absolute atomic E-state index is 13.1. The SMILES string of the molecule is Cc1c(C(=O)N2CCc3[nH]c4ccccc4c3C2)oc2c(Cl)cccc12. The molecule has 0 fully saturated rings. The highest BCUT2D eigenvalue weighted by Gasteiger charge is 2.28. The first kappa shape index (κ1) is 15.5. The topological polar surface area (TPSA) is 49.2 Å². The molecule has 1 N–H and O–H groups in total. The maximum Gasteiger partial charge on any atom is 0.290 e. The number of halogens is 1. The zero-order chi connectivity index (χ0) is 17.8. The van der Waals surface area contributed by atoms with Gasteiger partial charge in [-0.1, -0.05) is 41.9 Å². The Balaban J connectivity index is 1.54. The second-order valence-corrected chi connectivity index (χ2v) is 7.18. The summed E-state index contributed by atoms with van der Waals surface area (Å²) in [5, 5.41) is 2.61. The third-order valence-electron chi connectivity index (χ3n) is 5.28. The van der Waals surface area contributed by atoms with Crippen LogP contribution in [-0.2, 0) is 13.0 Å². The van der Waals surface area contributed by atoms with Crippen molar-refractivity contribution in [1.82, 2.24) is 9.88 Å². The van der Waals surface area contributed by atoms with E-state index in [0.717, 1.165) is 22.9 Å². The van der Waals surface area contributed by atoms with Crippen LogP contribution in [0.25, 0.3) is 21.9 Å². The van der Waals surface area contributed by atoms with E-state index in [0.29, 0.717) is 29.5 Å². The molecule has 0 saturated heterocycles. The summed E-state index contributed by atoms with van der Waals surface area (Å²) >= 11 is 6.23. The predicted octanol–water partition coefficient (Wildman–Crippen LogP) is 5.07. The Bertz CT molecular complexity index is 1170. The summed E-state index contributed by atoms with van der Waals surface area (Å²) in [6, 6.07) is 13.8. The van der Waals surface area contributed by atoms with Crippen LogP contribution in [0, 0.1) is 6.92 Å². The van der Waals surface area contributed by atoms with Gasteiger partial charge in [-0.15, -0.1) is 0 Å². The monoisotopic (exact) mass is 364 g/mol. The third kappa shape index (κ3) is 2.19. The van der Waals surface area contributed by atoms with Crippen molar-refractivity contribution < 1.29 is 9.21 Å². The molecule has 0 bridgehead atoms. The molecule has 1 amide bonds. The Kier molecular flexibility index (Phi) is 3.37.